The summed E-state index contributed by atoms with van der Waals surface area (Å²) < 4.78 is 0. The van der Waals surface area contributed by atoms with Gasteiger partial charge in [0, 0.05) is 5.41 Å². The maximum absolute atomic E-state index is 10.3. The van der Waals surface area contributed by atoms with Crippen LogP contribution >= 0.6 is 0 Å². The summed E-state index contributed by atoms with van der Waals surface area (Å²) in [6, 6.07) is 0. The Morgan fingerprint density at radius 3 is 2.07 bits per heavy atom. The van der Waals surface area contributed by atoms with Crippen molar-refractivity contribution in [2.75, 3.05) is 0 Å². The van der Waals surface area contributed by atoms with Crippen LogP contribution in [0.5, 0.6) is 0 Å². The molecule has 0 aliphatic rings. The summed E-state index contributed by atoms with van der Waals surface area (Å²) in [5.74, 6) is 5.42. The van der Waals surface area contributed by atoms with E-state index >= 15 is 0 Å². The van der Waals surface area contributed by atoms with Crippen molar-refractivity contribution in [1.29, 1.82) is 0 Å². The Labute approximate surface area is 87.3 Å². The fourth-order valence-corrected chi connectivity index (χ4v) is 1.21. The first kappa shape index (κ1) is 13.5. The molecule has 2 heteroatoms. The Kier molecular flexibility index (Phi) is 4.64. The molecule has 0 aromatic carbocycles. The van der Waals surface area contributed by atoms with Crippen LogP contribution in [0.1, 0.15) is 47.5 Å². The number of rotatable bonds is 2. The third kappa shape index (κ3) is 3.69. The van der Waals surface area contributed by atoms with Gasteiger partial charge in [-0.3, -0.25) is 0 Å². The van der Waals surface area contributed by atoms with Crippen molar-refractivity contribution in [3.8, 4) is 11.8 Å². The summed E-state index contributed by atoms with van der Waals surface area (Å²) in [6.45, 7) is 9.49. The van der Waals surface area contributed by atoms with Crippen molar-refractivity contribution in [2.45, 2.75) is 59.2 Å². The molecule has 0 spiro atoms. The SMILES string of the molecule is CCC[C@@](O)(C#C[C@@H](C)O)C(C)(C)C. The normalized spacial score (nSPS) is 17.9. The summed E-state index contributed by atoms with van der Waals surface area (Å²) in [6.07, 6.45) is 0.833. The molecule has 0 aliphatic carbocycles. The summed E-state index contributed by atoms with van der Waals surface area (Å²) >= 11 is 0. The van der Waals surface area contributed by atoms with Gasteiger partial charge in [-0.1, -0.05) is 46.0 Å². The topological polar surface area (TPSA) is 40.5 Å². The Bertz CT molecular complexity index is 227. The van der Waals surface area contributed by atoms with Gasteiger partial charge in [-0.15, -0.1) is 0 Å². The minimum Gasteiger partial charge on any atom is -0.381 e. The van der Waals surface area contributed by atoms with E-state index in [9.17, 15) is 5.11 Å². The minimum atomic E-state index is -1.00. The van der Waals surface area contributed by atoms with Gasteiger partial charge in [0.2, 0.25) is 0 Å². The van der Waals surface area contributed by atoms with E-state index in [0.29, 0.717) is 6.42 Å². The predicted molar refractivity (Wildman–Crippen MR) is 58.8 cm³/mol. The standard InChI is InChI=1S/C12H22O2/c1-6-8-12(14,11(3,4)5)9-7-10(2)13/h10,13-14H,6,8H2,1-5H3/t10-,12-/m1/s1. The summed E-state index contributed by atoms with van der Waals surface area (Å²) in [7, 11) is 0. The molecule has 2 N–H and O–H groups in total. The first-order valence-electron chi connectivity index (χ1n) is 5.16. The largest absolute Gasteiger partial charge is 0.381 e. The highest BCUT2D eigenvalue weighted by Gasteiger charge is 2.37. The molecular weight excluding hydrogens is 176 g/mol. The van der Waals surface area contributed by atoms with Gasteiger partial charge in [0.05, 0.1) is 0 Å². The highest BCUT2D eigenvalue weighted by molar-refractivity contribution is 5.19. The molecule has 0 radical (unpaired) electrons. The van der Waals surface area contributed by atoms with Gasteiger partial charge in [0.1, 0.15) is 11.7 Å². The molecule has 2 atom stereocenters. The Morgan fingerprint density at radius 2 is 1.79 bits per heavy atom. The molecule has 0 saturated heterocycles. The van der Waals surface area contributed by atoms with E-state index in [0.717, 1.165) is 6.42 Å². The summed E-state index contributed by atoms with van der Waals surface area (Å²) in [5.41, 5.74) is -1.29. The van der Waals surface area contributed by atoms with Crippen LogP contribution in [0.4, 0.5) is 0 Å². The van der Waals surface area contributed by atoms with Crippen molar-refractivity contribution < 1.29 is 10.2 Å². The van der Waals surface area contributed by atoms with Gasteiger partial charge >= 0.3 is 0 Å². The second kappa shape index (κ2) is 4.82. The average Bonchev–Trinajstić information content (AvgIpc) is 1.99. The molecule has 0 rings (SSSR count). The third-order valence-electron chi connectivity index (χ3n) is 2.34. The molecule has 0 amide bonds. The maximum Gasteiger partial charge on any atom is 0.130 e. The number of aliphatic hydroxyl groups is 2. The van der Waals surface area contributed by atoms with Crippen LogP contribution in [0.2, 0.25) is 0 Å². The molecule has 82 valence electrons. The summed E-state index contributed by atoms with van der Waals surface area (Å²) in [4.78, 5) is 0. The lowest BCUT2D eigenvalue weighted by Crippen LogP contribution is -2.41. The van der Waals surface area contributed by atoms with Crippen molar-refractivity contribution >= 4 is 0 Å². The maximum atomic E-state index is 10.3. The fraction of sp³-hybridized carbons (Fsp3) is 0.833. The van der Waals surface area contributed by atoms with E-state index < -0.39 is 11.7 Å². The molecule has 0 saturated carbocycles. The lowest BCUT2D eigenvalue weighted by molar-refractivity contribution is -0.0124. The Morgan fingerprint density at radius 1 is 1.29 bits per heavy atom. The van der Waals surface area contributed by atoms with Gasteiger partial charge in [-0.2, -0.15) is 0 Å². The molecule has 0 fully saturated rings. The van der Waals surface area contributed by atoms with E-state index in [1.807, 2.05) is 27.7 Å². The third-order valence-corrected chi connectivity index (χ3v) is 2.34. The predicted octanol–water partition coefficient (Wildman–Crippen LogP) is 1.95. The number of aliphatic hydroxyl groups excluding tert-OH is 1. The zero-order valence-corrected chi connectivity index (χ0v) is 9.89. The Balaban J connectivity index is 4.85. The zero-order valence-electron chi connectivity index (χ0n) is 9.89. The first-order valence-corrected chi connectivity index (χ1v) is 5.16. The van der Waals surface area contributed by atoms with E-state index in [1.54, 1.807) is 6.92 Å². The van der Waals surface area contributed by atoms with Crippen molar-refractivity contribution in [3.05, 3.63) is 0 Å². The van der Waals surface area contributed by atoms with E-state index in [2.05, 4.69) is 11.8 Å². The molecule has 14 heavy (non-hydrogen) atoms. The van der Waals surface area contributed by atoms with Gasteiger partial charge in [0.15, 0.2) is 0 Å². The van der Waals surface area contributed by atoms with Crippen LogP contribution in [0.25, 0.3) is 0 Å². The number of hydrogen-bond acceptors (Lipinski definition) is 2. The van der Waals surface area contributed by atoms with Crippen LogP contribution in [0, 0.1) is 17.3 Å². The highest BCUT2D eigenvalue weighted by Crippen LogP contribution is 2.33. The van der Waals surface area contributed by atoms with Gasteiger partial charge in [-0.05, 0) is 13.3 Å². The van der Waals surface area contributed by atoms with Crippen LogP contribution in [0.3, 0.4) is 0 Å². The first-order chi connectivity index (χ1) is 6.23. The monoisotopic (exact) mass is 198 g/mol. The van der Waals surface area contributed by atoms with Crippen LogP contribution in [0.15, 0.2) is 0 Å². The molecular formula is C12H22O2. The second-order valence-corrected chi connectivity index (χ2v) is 4.81. The molecule has 0 unspecified atom stereocenters. The molecule has 2 nitrogen and oxygen atoms in total. The molecule has 0 aliphatic heterocycles. The molecule has 0 aromatic heterocycles. The van der Waals surface area contributed by atoms with Crippen molar-refractivity contribution in [3.63, 3.8) is 0 Å². The average molecular weight is 198 g/mol. The molecule has 0 heterocycles. The van der Waals surface area contributed by atoms with E-state index in [1.165, 1.54) is 0 Å². The van der Waals surface area contributed by atoms with Crippen molar-refractivity contribution in [1.82, 2.24) is 0 Å². The Hall–Kier alpha value is -0.520. The smallest absolute Gasteiger partial charge is 0.130 e. The highest BCUT2D eigenvalue weighted by atomic mass is 16.3. The lowest BCUT2D eigenvalue weighted by atomic mass is 9.74. The van der Waals surface area contributed by atoms with E-state index in [4.69, 9.17) is 5.11 Å². The van der Waals surface area contributed by atoms with Gasteiger partial charge in [-0.25, -0.2) is 0 Å². The minimum absolute atomic E-state index is 0.287. The van der Waals surface area contributed by atoms with Crippen molar-refractivity contribution in [2.24, 2.45) is 5.41 Å². The van der Waals surface area contributed by atoms with Crippen LogP contribution in [-0.2, 0) is 0 Å². The fourth-order valence-electron chi connectivity index (χ4n) is 1.21. The lowest BCUT2D eigenvalue weighted by Gasteiger charge is -2.35. The van der Waals surface area contributed by atoms with Gasteiger partial charge < -0.3 is 10.2 Å². The number of hydrogen-bond donors (Lipinski definition) is 2. The zero-order chi connectivity index (χ0) is 11.4. The van der Waals surface area contributed by atoms with Gasteiger partial charge in [0.25, 0.3) is 0 Å². The second-order valence-electron chi connectivity index (χ2n) is 4.81. The molecule has 0 aromatic rings. The molecule has 0 bridgehead atoms. The van der Waals surface area contributed by atoms with Crippen LogP contribution < -0.4 is 0 Å². The van der Waals surface area contributed by atoms with E-state index in [-0.39, 0.29) is 5.41 Å². The summed E-state index contributed by atoms with van der Waals surface area (Å²) in [5, 5.41) is 19.4. The quantitative estimate of drug-likeness (QED) is 0.666. The van der Waals surface area contributed by atoms with Crippen LogP contribution in [-0.4, -0.2) is 21.9 Å².